The predicted octanol–water partition coefficient (Wildman–Crippen LogP) is -0.0139. The van der Waals surface area contributed by atoms with Crippen LogP contribution in [-0.4, -0.2) is 76.9 Å². The SMILES string of the molecule is CSCCC(NC(=O)C(Cc1ccccc1)NC(=O)CN)C(=O)N1CCCC1C(=O)O. The van der Waals surface area contributed by atoms with Crippen LogP contribution >= 0.6 is 11.8 Å². The molecule has 3 atom stereocenters. The van der Waals surface area contributed by atoms with Crippen LogP contribution in [0.3, 0.4) is 0 Å². The van der Waals surface area contributed by atoms with Crippen molar-refractivity contribution >= 4 is 35.5 Å². The Kier molecular flexibility index (Phi) is 9.80. The molecule has 3 amide bonds. The molecule has 0 spiro atoms. The smallest absolute Gasteiger partial charge is 0.326 e. The lowest BCUT2D eigenvalue weighted by Crippen LogP contribution is -2.56. The van der Waals surface area contributed by atoms with Crippen molar-refractivity contribution in [1.29, 1.82) is 0 Å². The fourth-order valence-electron chi connectivity index (χ4n) is 3.57. The van der Waals surface area contributed by atoms with E-state index in [1.165, 1.54) is 16.7 Å². The lowest BCUT2D eigenvalue weighted by atomic mass is 10.0. The fraction of sp³-hybridized carbons (Fsp3) is 0.524. The van der Waals surface area contributed by atoms with Gasteiger partial charge >= 0.3 is 5.97 Å². The molecule has 1 aromatic rings. The third-order valence-corrected chi connectivity index (χ3v) is 5.81. The molecule has 1 heterocycles. The van der Waals surface area contributed by atoms with Crippen LogP contribution in [0.4, 0.5) is 0 Å². The zero-order valence-corrected chi connectivity index (χ0v) is 18.4. The molecule has 1 saturated heterocycles. The molecule has 170 valence electrons. The monoisotopic (exact) mass is 450 g/mol. The molecule has 0 radical (unpaired) electrons. The van der Waals surface area contributed by atoms with Gasteiger partial charge in [0.1, 0.15) is 18.1 Å². The fourth-order valence-corrected chi connectivity index (χ4v) is 4.04. The third kappa shape index (κ3) is 7.25. The van der Waals surface area contributed by atoms with Gasteiger partial charge in [0.25, 0.3) is 0 Å². The molecule has 0 aliphatic carbocycles. The first-order chi connectivity index (χ1) is 14.9. The van der Waals surface area contributed by atoms with Gasteiger partial charge < -0.3 is 26.4 Å². The van der Waals surface area contributed by atoms with Crippen molar-refractivity contribution in [3.8, 4) is 0 Å². The number of rotatable bonds is 11. The van der Waals surface area contributed by atoms with E-state index in [-0.39, 0.29) is 13.0 Å². The number of hydrogen-bond acceptors (Lipinski definition) is 6. The summed E-state index contributed by atoms with van der Waals surface area (Å²) < 4.78 is 0. The molecule has 5 N–H and O–H groups in total. The Labute approximate surface area is 186 Å². The van der Waals surface area contributed by atoms with Crippen LogP contribution in [0.15, 0.2) is 30.3 Å². The van der Waals surface area contributed by atoms with Crippen LogP contribution in [-0.2, 0) is 25.6 Å². The number of likely N-dealkylation sites (tertiary alicyclic amines) is 1. The molecule has 0 saturated carbocycles. The zero-order chi connectivity index (χ0) is 22.8. The predicted molar refractivity (Wildman–Crippen MR) is 118 cm³/mol. The number of thioether (sulfide) groups is 1. The minimum absolute atomic E-state index is 0.239. The first-order valence-corrected chi connectivity index (χ1v) is 11.6. The second-order valence-electron chi connectivity index (χ2n) is 7.38. The zero-order valence-electron chi connectivity index (χ0n) is 17.6. The molecule has 0 bridgehead atoms. The Morgan fingerprint density at radius 3 is 2.52 bits per heavy atom. The second kappa shape index (κ2) is 12.3. The van der Waals surface area contributed by atoms with Crippen molar-refractivity contribution in [2.24, 2.45) is 5.73 Å². The van der Waals surface area contributed by atoms with E-state index in [4.69, 9.17) is 5.73 Å². The number of hydrogen-bond donors (Lipinski definition) is 4. The molecule has 0 aromatic heterocycles. The number of nitrogens with zero attached hydrogens (tertiary/aromatic N) is 1. The van der Waals surface area contributed by atoms with E-state index in [0.717, 1.165) is 5.56 Å². The average Bonchev–Trinajstić information content (AvgIpc) is 3.26. The van der Waals surface area contributed by atoms with Gasteiger partial charge in [-0.1, -0.05) is 30.3 Å². The number of nitrogens with two attached hydrogens (primary N) is 1. The molecule has 3 unspecified atom stereocenters. The highest BCUT2D eigenvalue weighted by atomic mass is 32.2. The molecule has 1 aliphatic heterocycles. The van der Waals surface area contributed by atoms with Crippen molar-refractivity contribution in [3.05, 3.63) is 35.9 Å². The Morgan fingerprint density at radius 1 is 1.19 bits per heavy atom. The number of carboxylic acids is 1. The Bertz CT molecular complexity index is 776. The Hall–Kier alpha value is -2.59. The van der Waals surface area contributed by atoms with Crippen LogP contribution in [0.1, 0.15) is 24.8 Å². The summed E-state index contributed by atoms with van der Waals surface area (Å²) >= 11 is 1.52. The van der Waals surface area contributed by atoms with E-state index in [2.05, 4.69) is 10.6 Å². The molecule has 1 fully saturated rings. The maximum Gasteiger partial charge on any atom is 0.326 e. The molecular weight excluding hydrogens is 420 g/mol. The van der Waals surface area contributed by atoms with Crippen LogP contribution < -0.4 is 16.4 Å². The Morgan fingerprint density at radius 2 is 1.90 bits per heavy atom. The van der Waals surface area contributed by atoms with Gasteiger partial charge in [-0.05, 0) is 36.8 Å². The molecule has 10 heteroatoms. The second-order valence-corrected chi connectivity index (χ2v) is 8.37. The topological polar surface area (TPSA) is 142 Å². The summed E-state index contributed by atoms with van der Waals surface area (Å²) in [5, 5.41) is 14.8. The number of aliphatic carboxylic acids is 1. The minimum atomic E-state index is -1.04. The lowest BCUT2D eigenvalue weighted by Gasteiger charge is -2.28. The Balaban J connectivity index is 2.17. The summed E-state index contributed by atoms with van der Waals surface area (Å²) in [7, 11) is 0. The third-order valence-electron chi connectivity index (χ3n) is 5.17. The first kappa shape index (κ1) is 24.7. The number of benzene rings is 1. The molecular formula is C21H30N4O5S. The molecule has 31 heavy (non-hydrogen) atoms. The van der Waals surface area contributed by atoms with Crippen molar-refractivity contribution in [2.45, 2.75) is 43.8 Å². The number of nitrogens with one attached hydrogen (secondary N) is 2. The van der Waals surface area contributed by atoms with E-state index >= 15 is 0 Å². The molecule has 1 aliphatic rings. The number of carbonyl (C=O) groups excluding carboxylic acids is 3. The van der Waals surface area contributed by atoms with Gasteiger partial charge in [-0.2, -0.15) is 11.8 Å². The number of amides is 3. The standard InChI is InChI=1S/C21H30N4O5S/c1-31-11-9-15(20(28)25-10-5-8-17(25)21(29)30)24-19(27)16(23-18(26)13-22)12-14-6-3-2-4-7-14/h2-4,6-7,15-17H,5,8-13,22H2,1H3,(H,23,26)(H,24,27)(H,29,30). The van der Waals surface area contributed by atoms with Crippen molar-refractivity contribution in [1.82, 2.24) is 15.5 Å². The van der Waals surface area contributed by atoms with Gasteiger partial charge in [-0.3, -0.25) is 14.4 Å². The molecule has 9 nitrogen and oxygen atoms in total. The summed E-state index contributed by atoms with van der Waals surface area (Å²) in [6.45, 7) is 0.0836. The summed E-state index contributed by atoms with van der Waals surface area (Å²) in [4.78, 5) is 50.8. The van der Waals surface area contributed by atoms with Gasteiger partial charge in [0.15, 0.2) is 0 Å². The van der Waals surface area contributed by atoms with Gasteiger partial charge in [0, 0.05) is 13.0 Å². The first-order valence-electron chi connectivity index (χ1n) is 10.2. The van der Waals surface area contributed by atoms with Gasteiger partial charge in [0.05, 0.1) is 6.54 Å². The summed E-state index contributed by atoms with van der Waals surface area (Å²) in [5.74, 6) is -1.82. The van der Waals surface area contributed by atoms with E-state index < -0.39 is 41.8 Å². The average molecular weight is 451 g/mol. The van der Waals surface area contributed by atoms with E-state index in [1.54, 1.807) is 0 Å². The maximum absolute atomic E-state index is 13.1. The van der Waals surface area contributed by atoms with Crippen molar-refractivity contribution in [3.63, 3.8) is 0 Å². The van der Waals surface area contributed by atoms with Crippen molar-refractivity contribution < 1.29 is 24.3 Å². The normalized spacial score (nSPS) is 17.6. The highest BCUT2D eigenvalue weighted by molar-refractivity contribution is 7.98. The van der Waals surface area contributed by atoms with Gasteiger partial charge in [-0.15, -0.1) is 0 Å². The van der Waals surface area contributed by atoms with Crippen LogP contribution in [0.25, 0.3) is 0 Å². The van der Waals surface area contributed by atoms with Crippen molar-refractivity contribution in [2.75, 3.05) is 25.1 Å². The van der Waals surface area contributed by atoms with Crippen LogP contribution in [0.5, 0.6) is 0 Å². The quantitative estimate of drug-likeness (QED) is 0.371. The van der Waals surface area contributed by atoms with E-state index in [9.17, 15) is 24.3 Å². The summed E-state index contributed by atoms with van der Waals surface area (Å²) in [5.41, 5.74) is 6.24. The summed E-state index contributed by atoms with van der Waals surface area (Å²) in [6.07, 6.45) is 3.49. The van der Waals surface area contributed by atoms with E-state index in [0.29, 0.717) is 31.6 Å². The summed E-state index contributed by atoms with van der Waals surface area (Å²) in [6, 6.07) is 6.55. The number of carboxylic acid groups (broad SMARTS) is 1. The maximum atomic E-state index is 13.1. The number of carbonyl (C=O) groups is 4. The largest absolute Gasteiger partial charge is 0.480 e. The highest BCUT2D eigenvalue weighted by Gasteiger charge is 2.38. The van der Waals surface area contributed by atoms with Crippen LogP contribution in [0.2, 0.25) is 0 Å². The molecule has 2 rings (SSSR count). The van der Waals surface area contributed by atoms with Gasteiger partial charge in [-0.25, -0.2) is 4.79 Å². The molecule has 1 aromatic carbocycles. The van der Waals surface area contributed by atoms with E-state index in [1.807, 2.05) is 36.6 Å². The van der Waals surface area contributed by atoms with Gasteiger partial charge in [0.2, 0.25) is 17.7 Å². The lowest BCUT2D eigenvalue weighted by molar-refractivity contribution is -0.149. The highest BCUT2D eigenvalue weighted by Crippen LogP contribution is 2.20. The minimum Gasteiger partial charge on any atom is -0.480 e. The van der Waals surface area contributed by atoms with Crippen LogP contribution in [0, 0.1) is 0 Å².